The van der Waals surface area contributed by atoms with Gasteiger partial charge in [-0.2, -0.15) is 4.98 Å². The van der Waals surface area contributed by atoms with Crippen molar-refractivity contribution in [3.05, 3.63) is 35.5 Å². The fourth-order valence-electron chi connectivity index (χ4n) is 2.93. The highest BCUT2D eigenvalue weighted by molar-refractivity contribution is 5.77. The second-order valence-electron chi connectivity index (χ2n) is 6.27. The Morgan fingerprint density at radius 1 is 1.50 bits per heavy atom. The molecule has 1 saturated heterocycles. The van der Waals surface area contributed by atoms with Crippen LogP contribution in [0, 0.1) is 18.7 Å². The summed E-state index contributed by atoms with van der Waals surface area (Å²) in [5.74, 6) is 0.410. The van der Waals surface area contributed by atoms with E-state index in [4.69, 9.17) is 10.3 Å². The maximum Gasteiger partial charge on any atom is 0.227 e. The van der Waals surface area contributed by atoms with Gasteiger partial charge in [0.05, 0.1) is 5.92 Å². The lowest BCUT2D eigenvalue weighted by atomic mass is 10.1. The minimum atomic E-state index is -0.281. The van der Waals surface area contributed by atoms with E-state index in [1.54, 1.807) is 19.1 Å². The van der Waals surface area contributed by atoms with Crippen molar-refractivity contribution in [2.45, 2.75) is 26.2 Å². The molecule has 7 heteroatoms. The first-order valence-corrected chi connectivity index (χ1v) is 8.13. The van der Waals surface area contributed by atoms with E-state index in [-0.39, 0.29) is 17.6 Å². The lowest BCUT2D eigenvalue weighted by molar-refractivity contribution is -0.121. The average Bonchev–Trinajstić information content (AvgIpc) is 3.20. The minimum absolute atomic E-state index is 0.0311. The van der Waals surface area contributed by atoms with E-state index in [1.165, 1.54) is 6.07 Å². The number of hydrogen-bond acceptors (Lipinski definition) is 5. The van der Waals surface area contributed by atoms with Crippen LogP contribution in [-0.2, 0) is 11.2 Å². The van der Waals surface area contributed by atoms with Crippen molar-refractivity contribution in [1.82, 2.24) is 15.0 Å². The monoisotopic (exact) mass is 332 g/mol. The lowest BCUT2D eigenvalue weighted by Gasteiger charge is -2.13. The smallest absolute Gasteiger partial charge is 0.227 e. The van der Waals surface area contributed by atoms with Crippen molar-refractivity contribution < 1.29 is 13.7 Å². The molecule has 1 aliphatic heterocycles. The molecule has 6 nitrogen and oxygen atoms in total. The van der Waals surface area contributed by atoms with Crippen molar-refractivity contribution in [1.29, 1.82) is 0 Å². The SMILES string of the molecule is Cc1ccc(-c2noc(CCCN3CC[C@@H](C(N)=O)C3)n2)cc1F. The Bertz CT molecular complexity index is 731. The fraction of sp³-hybridized carbons (Fsp3) is 0.471. The molecule has 3 rings (SSSR count). The first-order valence-electron chi connectivity index (χ1n) is 8.13. The number of rotatable bonds is 6. The van der Waals surface area contributed by atoms with Crippen molar-refractivity contribution in [2.75, 3.05) is 19.6 Å². The van der Waals surface area contributed by atoms with Gasteiger partial charge in [0.1, 0.15) is 5.82 Å². The summed E-state index contributed by atoms with van der Waals surface area (Å²) in [4.78, 5) is 17.7. The van der Waals surface area contributed by atoms with Gasteiger partial charge in [-0.3, -0.25) is 4.79 Å². The molecule has 2 aromatic rings. The molecule has 0 unspecified atom stereocenters. The summed E-state index contributed by atoms with van der Waals surface area (Å²) in [7, 11) is 0. The Hall–Kier alpha value is -2.28. The van der Waals surface area contributed by atoms with E-state index in [0.29, 0.717) is 29.3 Å². The summed E-state index contributed by atoms with van der Waals surface area (Å²) in [6.07, 6.45) is 2.34. The van der Waals surface area contributed by atoms with Crippen molar-refractivity contribution in [3.63, 3.8) is 0 Å². The molecule has 0 bridgehead atoms. The zero-order chi connectivity index (χ0) is 17.1. The zero-order valence-electron chi connectivity index (χ0n) is 13.7. The van der Waals surface area contributed by atoms with Crippen LogP contribution < -0.4 is 5.73 Å². The summed E-state index contributed by atoms with van der Waals surface area (Å²) in [5.41, 5.74) is 6.53. The fourth-order valence-corrected chi connectivity index (χ4v) is 2.93. The number of amides is 1. The summed E-state index contributed by atoms with van der Waals surface area (Å²) < 4.78 is 18.8. The van der Waals surface area contributed by atoms with Crippen LogP contribution in [0.2, 0.25) is 0 Å². The van der Waals surface area contributed by atoms with Gasteiger partial charge in [0, 0.05) is 18.5 Å². The molecule has 1 fully saturated rings. The Morgan fingerprint density at radius 2 is 2.33 bits per heavy atom. The van der Waals surface area contributed by atoms with Gasteiger partial charge in [-0.1, -0.05) is 17.3 Å². The van der Waals surface area contributed by atoms with Gasteiger partial charge in [-0.25, -0.2) is 4.39 Å². The predicted molar refractivity (Wildman–Crippen MR) is 86.5 cm³/mol. The van der Waals surface area contributed by atoms with Crippen LogP contribution >= 0.6 is 0 Å². The molecule has 1 aliphatic rings. The number of nitrogens with zero attached hydrogens (tertiary/aromatic N) is 3. The highest BCUT2D eigenvalue weighted by atomic mass is 19.1. The predicted octanol–water partition coefficient (Wildman–Crippen LogP) is 1.92. The van der Waals surface area contributed by atoms with Crippen LogP contribution in [-0.4, -0.2) is 40.6 Å². The summed E-state index contributed by atoms with van der Waals surface area (Å²) in [6, 6.07) is 4.89. The highest BCUT2D eigenvalue weighted by Gasteiger charge is 2.26. The molecule has 0 saturated carbocycles. The summed E-state index contributed by atoms with van der Waals surface area (Å²) in [6.45, 7) is 4.20. The largest absolute Gasteiger partial charge is 0.369 e. The third kappa shape index (κ3) is 3.79. The second kappa shape index (κ2) is 7.09. The zero-order valence-corrected chi connectivity index (χ0v) is 13.7. The van der Waals surface area contributed by atoms with Crippen LogP contribution in [0.1, 0.15) is 24.3 Å². The quantitative estimate of drug-likeness (QED) is 0.873. The van der Waals surface area contributed by atoms with Gasteiger partial charge in [0.15, 0.2) is 0 Å². The van der Waals surface area contributed by atoms with Gasteiger partial charge < -0.3 is 15.2 Å². The normalized spacial score (nSPS) is 18.2. The molecular formula is C17H21FN4O2. The van der Waals surface area contributed by atoms with Crippen molar-refractivity contribution in [3.8, 4) is 11.4 Å². The second-order valence-corrected chi connectivity index (χ2v) is 6.27. The van der Waals surface area contributed by atoms with E-state index in [0.717, 1.165) is 32.5 Å². The lowest BCUT2D eigenvalue weighted by Crippen LogP contribution is -2.28. The van der Waals surface area contributed by atoms with Crippen molar-refractivity contribution >= 4 is 5.91 Å². The molecule has 0 aliphatic carbocycles. The maximum absolute atomic E-state index is 13.6. The molecule has 1 atom stereocenters. The maximum atomic E-state index is 13.6. The number of primary amides is 1. The third-order valence-corrected chi connectivity index (χ3v) is 4.44. The van der Waals surface area contributed by atoms with Gasteiger partial charge >= 0.3 is 0 Å². The number of carbonyl (C=O) groups excluding carboxylic acids is 1. The van der Waals surface area contributed by atoms with E-state index >= 15 is 0 Å². The molecule has 0 radical (unpaired) electrons. The van der Waals surface area contributed by atoms with Gasteiger partial charge in [-0.05, 0) is 44.5 Å². The first kappa shape index (κ1) is 16.6. The van der Waals surface area contributed by atoms with E-state index in [1.807, 2.05) is 0 Å². The average molecular weight is 332 g/mol. The van der Waals surface area contributed by atoms with E-state index in [9.17, 15) is 9.18 Å². The number of aromatic nitrogens is 2. The number of aryl methyl sites for hydroxylation is 2. The van der Waals surface area contributed by atoms with Crippen LogP contribution in [0.5, 0.6) is 0 Å². The molecule has 0 spiro atoms. The topological polar surface area (TPSA) is 85.3 Å². The standard InChI is InChI=1S/C17H21FN4O2/c1-11-4-5-12(9-14(11)18)17-20-15(24-21-17)3-2-7-22-8-6-13(10-22)16(19)23/h4-5,9,13H,2-3,6-8,10H2,1H3,(H2,19,23)/t13-/m1/s1. The summed E-state index contributed by atoms with van der Waals surface area (Å²) >= 11 is 0. The number of halogens is 1. The Labute approximate surface area is 139 Å². The molecule has 1 aromatic carbocycles. The van der Waals surface area contributed by atoms with Gasteiger partial charge in [0.25, 0.3) is 0 Å². The molecular weight excluding hydrogens is 311 g/mol. The van der Waals surface area contributed by atoms with Crippen LogP contribution in [0.4, 0.5) is 4.39 Å². The van der Waals surface area contributed by atoms with Crippen LogP contribution in [0.15, 0.2) is 22.7 Å². The number of nitrogens with two attached hydrogens (primary N) is 1. The minimum Gasteiger partial charge on any atom is -0.369 e. The Balaban J connectivity index is 1.51. The highest BCUT2D eigenvalue weighted by Crippen LogP contribution is 2.20. The van der Waals surface area contributed by atoms with Gasteiger partial charge in [-0.15, -0.1) is 0 Å². The Morgan fingerprint density at radius 3 is 3.04 bits per heavy atom. The molecule has 2 heterocycles. The van der Waals surface area contributed by atoms with Gasteiger partial charge in [0.2, 0.25) is 17.6 Å². The Kier molecular flexibility index (Phi) is 4.89. The van der Waals surface area contributed by atoms with Crippen LogP contribution in [0.25, 0.3) is 11.4 Å². The molecule has 24 heavy (non-hydrogen) atoms. The molecule has 1 amide bonds. The number of carbonyl (C=O) groups is 1. The number of likely N-dealkylation sites (tertiary alicyclic amines) is 1. The van der Waals surface area contributed by atoms with Crippen LogP contribution in [0.3, 0.4) is 0 Å². The molecule has 2 N–H and O–H groups in total. The summed E-state index contributed by atoms with van der Waals surface area (Å²) in [5, 5.41) is 3.92. The van der Waals surface area contributed by atoms with E-state index < -0.39 is 0 Å². The number of benzene rings is 1. The molecule has 1 aromatic heterocycles. The van der Waals surface area contributed by atoms with Crippen molar-refractivity contribution in [2.24, 2.45) is 11.7 Å². The first-order chi connectivity index (χ1) is 11.5. The van der Waals surface area contributed by atoms with E-state index in [2.05, 4.69) is 15.0 Å². The molecule has 128 valence electrons. The third-order valence-electron chi connectivity index (χ3n) is 4.44. The number of hydrogen-bond donors (Lipinski definition) is 1.